The maximum atomic E-state index is 12.3. The van der Waals surface area contributed by atoms with E-state index in [-0.39, 0.29) is 20.9 Å². The Kier molecular flexibility index (Phi) is 15.4. The Balaban J connectivity index is 0.000000391. The molecule has 2 aromatic rings. The Morgan fingerprint density at radius 2 is 0.974 bits per heavy atom. The summed E-state index contributed by atoms with van der Waals surface area (Å²) in [6.45, 7) is 9.42. The molecule has 0 saturated carbocycles. The first-order valence-corrected chi connectivity index (χ1v) is 17.8. The average molecular weight is 565 g/mol. The topological polar surface area (TPSA) is 112 Å². The lowest BCUT2D eigenvalue weighted by molar-refractivity contribution is -0.255. The van der Waals surface area contributed by atoms with Crippen LogP contribution in [0.1, 0.15) is 99.8 Å². The van der Waals surface area contributed by atoms with Crippen molar-refractivity contribution in [3.63, 3.8) is 0 Å². The predicted octanol–water partition coefficient (Wildman–Crippen LogP) is 6.79. The molecule has 8 heteroatoms. The van der Waals surface area contributed by atoms with Crippen molar-refractivity contribution in [3.8, 4) is 0 Å². The summed E-state index contributed by atoms with van der Waals surface area (Å²) < 4.78 is 24.6. The van der Waals surface area contributed by atoms with Gasteiger partial charge in [-0.2, -0.15) is 0 Å². The third-order valence-corrected chi connectivity index (χ3v) is 13.6. The summed E-state index contributed by atoms with van der Waals surface area (Å²) in [6, 6.07) is 9.32. The van der Waals surface area contributed by atoms with Gasteiger partial charge in [-0.1, -0.05) is 65.5 Å². The fourth-order valence-electron chi connectivity index (χ4n) is 4.33. The Morgan fingerprint density at radius 3 is 1.24 bits per heavy atom. The highest BCUT2D eigenvalue weighted by Crippen LogP contribution is 2.61. The lowest BCUT2D eigenvalue weighted by Gasteiger charge is -2.28. The van der Waals surface area contributed by atoms with Crippen molar-refractivity contribution >= 4 is 29.0 Å². The van der Waals surface area contributed by atoms with Crippen LogP contribution in [0.5, 0.6) is 0 Å². The highest BCUT2D eigenvalue weighted by Gasteiger charge is 2.34. The van der Waals surface area contributed by atoms with Crippen LogP contribution in [0.4, 0.5) is 0 Å². The van der Waals surface area contributed by atoms with E-state index in [9.17, 15) is 23.1 Å². The highest BCUT2D eigenvalue weighted by atomic mass is 32.2. The molecule has 0 aliphatic carbocycles. The smallest absolute Gasteiger partial charge is 0.335 e. The monoisotopic (exact) mass is 564 g/mol. The fourth-order valence-corrected chi connectivity index (χ4v) is 10.9. The molecule has 0 fully saturated rings. The number of benzene rings is 2. The van der Waals surface area contributed by atoms with Crippen LogP contribution in [-0.2, 0) is 9.84 Å². The minimum atomic E-state index is -3.83. The summed E-state index contributed by atoms with van der Waals surface area (Å²) in [6.07, 6.45) is 17.9. The third kappa shape index (κ3) is 10.9. The fraction of sp³-hybridized carbons (Fsp3) is 0.533. The van der Waals surface area contributed by atoms with Gasteiger partial charge in [-0.15, -0.1) is 0 Å². The quantitative estimate of drug-likeness (QED) is 0.225. The molecule has 1 N–H and O–H groups in total. The number of carbonyl (C=O) groups excluding carboxylic acids is 1. The van der Waals surface area contributed by atoms with Crippen molar-refractivity contribution in [2.75, 3.05) is 24.6 Å². The highest BCUT2D eigenvalue weighted by molar-refractivity contribution is 7.91. The maximum Gasteiger partial charge on any atom is 0.335 e. The molecule has 0 radical (unpaired) electrons. The Bertz CT molecular complexity index is 978. The van der Waals surface area contributed by atoms with Crippen molar-refractivity contribution in [3.05, 3.63) is 59.7 Å². The van der Waals surface area contributed by atoms with E-state index < -0.39 is 29.0 Å². The molecule has 2 aromatic carbocycles. The number of hydrogen-bond donors (Lipinski definition) is 1. The van der Waals surface area contributed by atoms with E-state index in [4.69, 9.17) is 5.11 Å². The average Bonchev–Trinajstić information content (AvgIpc) is 2.92. The first-order valence-electron chi connectivity index (χ1n) is 13.8. The molecule has 0 atom stereocenters. The largest absolute Gasteiger partial charge is 0.545 e. The maximum absolute atomic E-state index is 12.3. The normalized spacial score (nSPS) is 11.5. The van der Waals surface area contributed by atoms with Crippen molar-refractivity contribution in [1.82, 2.24) is 0 Å². The molecule has 2 rings (SSSR count). The van der Waals surface area contributed by atoms with Gasteiger partial charge in [0.1, 0.15) is 0 Å². The van der Waals surface area contributed by atoms with E-state index in [1.165, 1.54) is 75.6 Å². The Hall–Kier alpha value is -2.24. The van der Waals surface area contributed by atoms with E-state index >= 15 is 0 Å². The molecule has 0 aliphatic heterocycles. The van der Waals surface area contributed by atoms with Crippen LogP contribution in [0, 0.1) is 0 Å². The van der Waals surface area contributed by atoms with Crippen LogP contribution in [0.3, 0.4) is 0 Å². The predicted molar refractivity (Wildman–Crippen MR) is 156 cm³/mol. The summed E-state index contributed by atoms with van der Waals surface area (Å²) in [7, 11) is -4.39. The van der Waals surface area contributed by atoms with E-state index in [0.717, 1.165) is 24.3 Å². The van der Waals surface area contributed by atoms with Crippen LogP contribution in [0.15, 0.2) is 58.3 Å². The SMILES string of the molecule is CCCC[P+](CCCC)(CCCC)CCCC.O=C([O-])c1ccc(S(=O)(=O)c2ccc(C(=O)O)cc2)cc1. The van der Waals surface area contributed by atoms with Crippen molar-refractivity contribution in [1.29, 1.82) is 0 Å². The third-order valence-electron chi connectivity index (χ3n) is 6.76. The molecular weight excluding hydrogens is 519 g/mol. The van der Waals surface area contributed by atoms with Gasteiger partial charge in [0.05, 0.1) is 46.0 Å². The molecule has 0 aromatic heterocycles. The summed E-state index contributed by atoms with van der Waals surface area (Å²) in [5.74, 6) is -2.55. The Labute approximate surface area is 230 Å². The molecule has 0 saturated heterocycles. The Morgan fingerprint density at radius 1 is 0.658 bits per heavy atom. The van der Waals surface area contributed by atoms with Gasteiger partial charge in [-0.05, 0) is 67.6 Å². The molecule has 0 bridgehead atoms. The van der Waals surface area contributed by atoms with Gasteiger partial charge in [0.2, 0.25) is 9.84 Å². The molecule has 0 unspecified atom stereocenters. The summed E-state index contributed by atoms with van der Waals surface area (Å²) in [5, 5.41) is 19.4. The first kappa shape index (κ1) is 33.8. The minimum absolute atomic E-state index is 0.0266. The van der Waals surface area contributed by atoms with E-state index in [1.807, 2.05) is 0 Å². The van der Waals surface area contributed by atoms with Crippen LogP contribution >= 0.6 is 7.26 Å². The molecule has 0 amide bonds. The number of unbranched alkanes of at least 4 members (excludes halogenated alkanes) is 4. The van der Waals surface area contributed by atoms with Gasteiger partial charge in [0.15, 0.2) is 0 Å². The second-order valence-corrected chi connectivity index (χ2v) is 16.2. The molecule has 212 valence electrons. The molecule has 0 aliphatic rings. The van der Waals surface area contributed by atoms with Crippen LogP contribution in [-0.4, -0.2) is 50.1 Å². The number of carboxylic acids is 2. The minimum Gasteiger partial charge on any atom is -0.545 e. The lowest BCUT2D eigenvalue weighted by atomic mass is 10.2. The van der Waals surface area contributed by atoms with Gasteiger partial charge in [-0.3, -0.25) is 0 Å². The van der Waals surface area contributed by atoms with Crippen molar-refractivity contribution in [2.24, 2.45) is 0 Å². The van der Waals surface area contributed by atoms with Crippen LogP contribution in [0.25, 0.3) is 0 Å². The number of sulfone groups is 1. The second kappa shape index (κ2) is 17.4. The molecule has 0 spiro atoms. The number of hydrogen-bond acceptors (Lipinski definition) is 5. The zero-order valence-electron chi connectivity index (χ0n) is 23.4. The molecule has 38 heavy (non-hydrogen) atoms. The molecule has 6 nitrogen and oxygen atoms in total. The van der Waals surface area contributed by atoms with Crippen LogP contribution < -0.4 is 5.11 Å². The standard InChI is InChI=1S/C16H36P.C14H10O6S/c1-5-9-13-17(14-10-6-2,15-11-7-3)16-12-8-4;15-13(16)9-1-5-11(6-2-9)21(19,20)12-7-3-10(4-8-12)14(17)18/h5-16H2,1-4H3;1-8H,(H,15,16)(H,17,18)/q+1;/p-1. The first-order chi connectivity index (χ1) is 18.1. The van der Waals surface area contributed by atoms with E-state index in [1.54, 1.807) is 24.6 Å². The van der Waals surface area contributed by atoms with Gasteiger partial charge in [0.25, 0.3) is 0 Å². The van der Waals surface area contributed by atoms with E-state index in [2.05, 4.69) is 27.7 Å². The summed E-state index contributed by atoms with van der Waals surface area (Å²) >= 11 is 0. The number of rotatable bonds is 16. The van der Waals surface area contributed by atoms with Gasteiger partial charge in [0, 0.05) is 7.26 Å². The van der Waals surface area contributed by atoms with Crippen molar-refractivity contribution < 1.29 is 28.2 Å². The van der Waals surface area contributed by atoms with Gasteiger partial charge in [-0.25, -0.2) is 13.2 Å². The van der Waals surface area contributed by atoms with E-state index in [0.29, 0.717) is 0 Å². The molecule has 0 heterocycles. The number of aromatic carboxylic acids is 2. The second-order valence-electron chi connectivity index (χ2n) is 9.80. The number of carboxylic acid groups (broad SMARTS) is 2. The summed E-state index contributed by atoms with van der Waals surface area (Å²) in [5.41, 5.74) is -0.156. The van der Waals surface area contributed by atoms with Crippen molar-refractivity contribution in [2.45, 2.75) is 88.9 Å². The molecular formula is C30H45O6PS. The number of carbonyl (C=O) groups is 2. The van der Waals surface area contributed by atoms with Crippen LogP contribution in [0.2, 0.25) is 0 Å². The zero-order chi connectivity index (χ0) is 28.6. The zero-order valence-corrected chi connectivity index (χ0v) is 25.2. The van der Waals surface area contributed by atoms with Gasteiger partial charge >= 0.3 is 5.97 Å². The lowest BCUT2D eigenvalue weighted by Crippen LogP contribution is -2.22. The summed E-state index contributed by atoms with van der Waals surface area (Å²) in [4.78, 5) is 21.2. The van der Waals surface area contributed by atoms with Gasteiger partial charge < -0.3 is 15.0 Å².